The van der Waals surface area contributed by atoms with Crippen molar-refractivity contribution in [2.45, 2.75) is 6.54 Å². The first-order chi connectivity index (χ1) is 13.6. The van der Waals surface area contributed by atoms with E-state index >= 15 is 0 Å². The standard InChI is InChI=1S/C20H21N3O5/c1-23(19(24)13-27-15-7-5-4-6-8-15)12-18-21-22-20(28-18)14-9-10-16(25-2)17(11-14)26-3/h4-11H,12-13H2,1-3H3. The van der Waals surface area contributed by atoms with Crippen molar-refractivity contribution in [3.8, 4) is 28.7 Å². The number of amides is 1. The van der Waals surface area contributed by atoms with Gasteiger partial charge in [-0.25, -0.2) is 0 Å². The first-order valence-corrected chi connectivity index (χ1v) is 8.57. The highest BCUT2D eigenvalue weighted by Crippen LogP contribution is 2.31. The molecule has 0 bridgehead atoms. The van der Waals surface area contributed by atoms with Gasteiger partial charge < -0.3 is 23.5 Å². The number of hydrogen-bond donors (Lipinski definition) is 0. The van der Waals surface area contributed by atoms with Gasteiger partial charge in [0.2, 0.25) is 11.8 Å². The van der Waals surface area contributed by atoms with E-state index in [0.717, 1.165) is 0 Å². The zero-order chi connectivity index (χ0) is 19.9. The Balaban J connectivity index is 1.61. The Morgan fingerprint density at radius 2 is 1.79 bits per heavy atom. The molecule has 0 saturated carbocycles. The zero-order valence-corrected chi connectivity index (χ0v) is 15.9. The SMILES string of the molecule is COc1ccc(-c2nnc(CN(C)C(=O)COc3ccccc3)o2)cc1OC. The lowest BCUT2D eigenvalue weighted by Crippen LogP contribution is -2.31. The van der Waals surface area contributed by atoms with Gasteiger partial charge in [0, 0.05) is 12.6 Å². The number of carbonyl (C=O) groups excluding carboxylic acids is 1. The summed E-state index contributed by atoms with van der Waals surface area (Å²) in [6, 6.07) is 14.5. The van der Waals surface area contributed by atoms with Crippen molar-refractivity contribution in [1.29, 1.82) is 0 Å². The second-order valence-electron chi connectivity index (χ2n) is 5.92. The monoisotopic (exact) mass is 383 g/mol. The van der Waals surface area contributed by atoms with Crippen LogP contribution >= 0.6 is 0 Å². The second-order valence-corrected chi connectivity index (χ2v) is 5.92. The van der Waals surface area contributed by atoms with Crippen molar-refractivity contribution in [3.05, 3.63) is 54.4 Å². The van der Waals surface area contributed by atoms with Gasteiger partial charge in [-0.05, 0) is 30.3 Å². The molecule has 3 aromatic rings. The molecule has 0 aliphatic heterocycles. The molecule has 0 atom stereocenters. The minimum absolute atomic E-state index is 0.0722. The number of benzene rings is 2. The van der Waals surface area contributed by atoms with Crippen LogP contribution in [0.5, 0.6) is 17.2 Å². The van der Waals surface area contributed by atoms with Crippen LogP contribution < -0.4 is 14.2 Å². The van der Waals surface area contributed by atoms with Crippen LogP contribution in [0.4, 0.5) is 0 Å². The highest BCUT2D eigenvalue weighted by molar-refractivity contribution is 5.77. The topological polar surface area (TPSA) is 86.9 Å². The van der Waals surface area contributed by atoms with Crippen LogP contribution in [-0.4, -0.2) is 48.9 Å². The summed E-state index contributed by atoms with van der Waals surface area (Å²) in [4.78, 5) is 13.7. The summed E-state index contributed by atoms with van der Waals surface area (Å²) in [5.41, 5.74) is 0.692. The Bertz CT molecular complexity index is 927. The molecule has 8 heteroatoms. The predicted octanol–water partition coefficient (Wildman–Crippen LogP) is 2.79. The lowest BCUT2D eigenvalue weighted by molar-refractivity contribution is -0.132. The molecule has 0 N–H and O–H groups in total. The smallest absolute Gasteiger partial charge is 0.260 e. The van der Waals surface area contributed by atoms with Crippen LogP contribution in [0.2, 0.25) is 0 Å². The molecule has 0 radical (unpaired) electrons. The van der Waals surface area contributed by atoms with Crippen LogP contribution in [-0.2, 0) is 11.3 Å². The van der Waals surface area contributed by atoms with E-state index in [0.29, 0.717) is 34.6 Å². The van der Waals surface area contributed by atoms with Gasteiger partial charge in [0.25, 0.3) is 5.91 Å². The molecule has 2 aromatic carbocycles. The number of likely N-dealkylation sites (N-methyl/N-ethyl adjacent to an activating group) is 1. The average Bonchev–Trinajstić information content (AvgIpc) is 3.20. The highest BCUT2D eigenvalue weighted by Gasteiger charge is 2.16. The van der Waals surface area contributed by atoms with Gasteiger partial charge in [-0.1, -0.05) is 18.2 Å². The summed E-state index contributed by atoms with van der Waals surface area (Å²) in [6.07, 6.45) is 0. The maximum Gasteiger partial charge on any atom is 0.260 e. The van der Waals surface area contributed by atoms with Gasteiger partial charge in [-0.15, -0.1) is 10.2 Å². The number of methoxy groups -OCH3 is 2. The van der Waals surface area contributed by atoms with Gasteiger partial charge in [0.15, 0.2) is 18.1 Å². The highest BCUT2D eigenvalue weighted by atomic mass is 16.5. The molecule has 0 spiro atoms. The third-order valence-electron chi connectivity index (χ3n) is 4.00. The number of hydrogen-bond acceptors (Lipinski definition) is 7. The normalized spacial score (nSPS) is 10.4. The minimum Gasteiger partial charge on any atom is -0.493 e. The maximum absolute atomic E-state index is 12.2. The Morgan fingerprint density at radius 3 is 2.50 bits per heavy atom. The molecule has 0 fully saturated rings. The molecule has 0 aliphatic carbocycles. The molecular weight excluding hydrogens is 362 g/mol. The summed E-state index contributed by atoms with van der Waals surface area (Å²) in [6.45, 7) is 0.106. The van der Waals surface area contributed by atoms with Crippen LogP contribution in [0.1, 0.15) is 5.89 Å². The van der Waals surface area contributed by atoms with E-state index in [9.17, 15) is 4.79 Å². The first kappa shape index (κ1) is 19.2. The van der Waals surface area contributed by atoms with Crippen LogP contribution in [0.25, 0.3) is 11.5 Å². The van der Waals surface area contributed by atoms with Crippen molar-refractivity contribution < 1.29 is 23.4 Å². The lowest BCUT2D eigenvalue weighted by Gasteiger charge is -2.15. The molecular formula is C20H21N3O5. The molecule has 28 heavy (non-hydrogen) atoms. The molecule has 1 aromatic heterocycles. The van der Waals surface area contributed by atoms with Crippen molar-refractivity contribution in [2.24, 2.45) is 0 Å². The van der Waals surface area contributed by atoms with Gasteiger partial charge >= 0.3 is 0 Å². The Labute approximate surface area is 162 Å². The molecule has 0 saturated heterocycles. The minimum atomic E-state index is -0.199. The van der Waals surface area contributed by atoms with E-state index in [1.165, 1.54) is 4.90 Å². The average molecular weight is 383 g/mol. The number of para-hydroxylation sites is 1. The summed E-state index contributed by atoms with van der Waals surface area (Å²) < 4.78 is 21.6. The first-order valence-electron chi connectivity index (χ1n) is 8.57. The summed E-state index contributed by atoms with van der Waals surface area (Å²) >= 11 is 0. The number of carbonyl (C=O) groups is 1. The fourth-order valence-corrected chi connectivity index (χ4v) is 2.47. The maximum atomic E-state index is 12.2. The molecule has 0 aliphatic rings. The molecule has 146 valence electrons. The fourth-order valence-electron chi connectivity index (χ4n) is 2.47. The van der Waals surface area contributed by atoms with Crippen LogP contribution in [0, 0.1) is 0 Å². The quantitative estimate of drug-likeness (QED) is 0.591. The van der Waals surface area contributed by atoms with Crippen LogP contribution in [0.15, 0.2) is 52.9 Å². The predicted molar refractivity (Wildman–Crippen MR) is 101 cm³/mol. The molecule has 3 rings (SSSR count). The van der Waals surface area contributed by atoms with Gasteiger partial charge in [-0.2, -0.15) is 0 Å². The van der Waals surface area contributed by atoms with Gasteiger partial charge in [-0.3, -0.25) is 4.79 Å². The summed E-state index contributed by atoms with van der Waals surface area (Å²) in [7, 11) is 4.77. The van der Waals surface area contributed by atoms with Crippen molar-refractivity contribution in [2.75, 3.05) is 27.9 Å². The molecule has 8 nitrogen and oxygen atoms in total. The third kappa shape index (κ3) is 4.59. The number of aromatic nitrogens is 2. The van der Waals surface area contributed by atoms with E-state index in [1.54, 1.807) is 51.6 Å². The van der Waals surface area contributed by atoms with Crippen molar-refractivity contribution >= 4 is 5.91 Å². The van der Waals surface area contributed by atoms with E-state index in [1.807, 2.05) is 18.2 Å². The molecule has 1 amide bonds. The zero-order valence-electron chi connectivity index (χ0n) is 15.9. The summed E-state index contributed by atoms with van der Waals surface area (Å²) in [5, 5.41) is 8.05. The number of rotatable bonds is 8. The van der Waals surface area contributed by atoms with Crippen molar-refractivity contribution in [3.63, 3.8) is 0 Å². The number of nitrogens with zero attached hydrogens (tertiary/aromatic N) is 3. The molecule has 0 unspecified atom stereocenters. The number of ether oxygens (including phenoxy) is 3. The van der Waals surface area contributed by atoms with E-state index in [-0.39, 0.29) is 19.1 Å². The van der Waals surface area contributed by atoms with Crippen LogP contribution in [0.3, 0.4) is 0 Å². The second kappa shape index (κ2) is 8.90. The van der Waals surface area contributed by atoms with E-state index in [2.05, 4.69) is 10.2 Å². The van der Waals surface area contributed by atoms with E-state index in [4.69, 9.17) is 18.6 Å². The fraction of sp³-hybridized carbons (Fsp3) is 0.250. The lowest BCUT2D eigenvalue weighted by atomic mass is 10.2. The Hall–Kier alpha value is -3.55. The largest absolute Gasteiger partial charge is 0.493 e. The Kier molecular flexibility index (Phi) is 6.11. The van der Waals surface area contributed by atoms with Crippen molar-refractivity contribution in [1.82, 2.24) is 15.1 Å². The van der Waals surface area contributed by atoms with E-state index < -0.39 is 0 Å². The van der Waals surface area contributed by atoms with Gasteiger partial charge in [0.05, 0.1) is 20.8 Å². The third-order valence-corrected chi connectivity index (χ3v) is 4.00. The summed E-state index contributed by atoms with van der Waals surface area (Å²) in [5.74, 6) is 2.25. The molecule has 1 heterocycles. The van der Waals surface area contributed by atoms with Gasteiger partial charge in [0.1, 0.15) is 5.75 Å². The Morgan fingerprint density at radius 1 is 1.04 bits per heavy atom.